The quantitative estimate of drug-likeness (QED) is 0.752. The van der Waals surface area contributed by atoms with Gasteiger partial charge in [-0.15, -0.1) is 11.6 Å². The first-order valence-corrected chi connectivity index (χ1v) is 7.00. The lowest BCUT2D eigenvalue weighted by Crippen LogP contribution is -2.41. The van der Waals surface area contributed by atoms with E-state index in [4.69, 9.17) is 11.6 Å². The van der Waals surface area contributed by atoms with Crippen LogP contribution in [0.15, 0.2) is 24.3 Å². The van der Waals surface area contributed by atoms with Gasteiger partial charge in [0.25, 0.3) is 0 Å². The van der Waals surface area contributed by atoms with Crippen molar-refractivity contribution in [3.05, 3.63) is 35.4 Å². The normalized spacial score (nSPS) is 16.1. The van der Waals surface area contributed by atoms with Crippen LogP contribution in [0.25, 0.3) is 0 Å². The average molecular weight is 266 g/mol. The maximum atomic E-state index is 12.5. The van der Waals surface area contributed by atoms with Gasteiger partial charge < -0.3 is 4.90 Å². The molecule has 1 amide bonds. The lowest BCUT2D eigenvalue weighted by Gasteiger charge is -2.30. The van der Waals surface area contributed by atoms with Crippen molar-refractivity contribution in [2.45, 2.75) is 33.2 Å². The first-order chi connectivity index (χ1) is 8.54. The topological polar surface area (TPSA) is 20.3 Å². The Bertz CT molecular complexity index is 442. The van der Waals surface area contributed by atoms with Crippen molar-refractivity contribution < 1.29 is 4.79 Å². The minimum absolute atomic E-state index is 0.161. The van der Waals surface area contributed by atoms with Gasteiger partial charge in [-0.2, -0.15) is 0 Å². The molecule has 3 heteroatoms. The highest BCUT2D eigenvalue weighted by Gasteiger charge is 2.32. The van der Waals surface area contributed by atoms with Crippen LogP contribution in [0, 0.1) is 5.41 Å². The van der Waals surface area contributed by atoms with Crippen molar-refractivity contribution in [3.63, 3.8) is 0 Å². The Morgan fingerprint density at radius 3 is 2.67 bits per heavy atom. The van der Waals surface area contributed by atoms with E-state index in [1.165, 1.54) is 11.1 Å². The average Bonchev–Trinajstić information content (AvgIpc) is 2.59. The number of nitrogens with zero attached hydrogens (tertiary/aromatic N) is 1. The number of rotatable bonds is 2. The molecule has 2 nitrogen and oxygen atoms in total. The van der Waals surface area contributed by atoms with Gasteiger partial charge in [0.05, 0.1) is 5.41 Å². The number of hydrogen-bond acceptors (Lipinski definition) is 1. The van der Waals surface area contributed by atoms with Crippen LogP contribution in [0.3, 0.4) is 0 Å². The highest BCUT2D eigenvalue weighted by Crippen LogP contribution is 2.25. The van der Waals surface area contributed by atoms with E-state index in [-0.39, 0.29) is 5.91 Å². The number of amides is 1. The molecule has 0 atom stereocenters. The lowest BCUT2D eigenvalue weighted by atomic mass is 9.94. The van der Waals surface area contributed by atoms with Crippen molar-refractivity contribution >= 4 is 17.5 Å². The zero-order valence-electron chi connectivity index (χ0n) is 11.1. The monoisotopic (exact) mass is 265 g/mol. The third kappa shape index (κ3) is 2.69. The van der Waals surface area contributed by atoms with Crippen LogP contribution >= 0.6 is 11.6 Å². The summed E-state index contributed by atoms with van der Waals surface area (Å²) in [6.45, 7) is 5.38. The van der Waals surface area contributed by atoms with Crippen LogP contribution in [-0.2, 0) is 17.8 Å². The second kappa shape index (κ2) is 5.31. The summed E-state index contributed by atoms with van der Waals surface area (Å²) in [5.74, 6) is 0.526. The van der Waals surface area contributed by atoms with Crippen molar-refractivity contribution in [1.82, 2.24) is 4.90 Å². The van der Waals surface area contributed by atoms with Crippen LogP contribution < -0.4 is 0 Å². The molecule has 0 radical (unpaired) electrons. The van der Waals surface area contributed by atoms with Gasteiger partial charge in [-0.3, -0.25) is 4.79 Å². The van der Waals surface area contributed by atoms with Crippen LogP contribution in [-0.4, -0.2) is 23.2 Å². The van der Waals surface area contributed by atoms with E-state index < -0.39 is 5.41 Å². The van der Waals surface area contributed by atoms with Gasteiger partial charge in [0.15, 0.2) is 0 Å². The number of hydrogen-bond donors (Lipinski definition) is 0. The number of halogens is 1. The largest absolute Gasteiger partial charge is 0.338 e. The predicted octanol–water partition coefficient (Wildman–Crippen LogP) is 3.23. The molecule has 18 heavy (non-hydrogen) atoms. The number of alkyl halides is 1. The smallest absolute Gasteiger partial charge is 0.229 e. The fourth-order valence-corrected chi connectivity index (χ4v) is 2.47. The van der Waals surface area contributed by atoms with E-state index in [0.717, 1.165) is 25.9 Å². The number of carbonyl (C=O) groups excluding carboxylic acids is 1. The van der Waals surface area contributed by atoms with Crippen molar-refractivity contribution in [1.29, 1.82) is 0 Å². The Morgan fingerprint density at radius 1 is 1.33 bits per heavy atom. The maximum absolute atomic E-state index is 12.5. The second-order valence-corrected chi connectivity index (χ2v) is 5.88. The third-order valence-electron chi connectivity index (χ3n) is 3.55. The number of aryl methyl sites for hydroxylation is 1. The summed E-state index contributed by atoms with van der Waals surface area (Å²) >= 11 is 5.90. The van der Waals surface area contributed by atoms with Crippen LogP contribution in [0.4, 0.5) is 0 Å². The number of fused-ring (bicyclic) bond motifs is 1. The summed E-state index contributed by atoms with van der Waals surface area (Å²) in [5.41, 5.74) is 2.17. The Labute approximate surface area is 114 Å². The Morgan fingerprint density at radius 2 is 2.00 bits per heavy atom. The van der Waals surface area contributed by atoms with Crippen LogP contribution in [0.2, 0.25) is 0 Å². The molecule has 0 fully saturated rings. The van der Waals surface area contributed by atoms with E-state index in [2.05, 4.69) is 18.2 Å². The minimum atomic E-state index is -0.471. The molecule has 0 bridgehead atoms. The highest BCUT2D eigenvalue weighted by molar-refractivity contribution is 6.19. The molecule has 0 N–H and O–H groups in total. The molecule has 98 valence electrons. The predicted molar refractivity (Wildman–Crippen MR) is 74.7 cm³/mol. The first kappa shape index (κ1) is 13.4. The van der Waals surface area contributed by atoms with Gasteiger partial charge in [0, 0.05) is 19.0 Å². The summed E-state index contributed by atoms with van der Waals surface area (Å²) in [6.07, 6.45) is 2.09. The van der Waals surface area contributed by atoms with Crippen LogP contribution in [0.5, 0.6) is 0 Å². The van der Waals surface area contributed by atoms with E-state index in [0.29, 0.717) is 5.88 Å². The summed E-state index contributed by atoms with van der Waals surface area (Å²) in [7, 11) is 0. The SMILES string of the molecule is CC(C)(CCl)C(=O)N1CCCc2ccccc2C1. The molecular formula is C15H20ClNO. The second-order valence-electron chi connectivity index (χ2n) is 5.62. The molecule has 2 rings (SSSR count). The minimum Gasteiger partial charge on any atom is -0.338 e. The molecule has 0 unspecified atom stereocenters. The molecule has 1 aromatic rings. The summed E-state index contributed by atoms with van der Waals surface area (Å²) in [5, 5.41) is 0. The van der Waals surface area contributed by atoms with Crippen LogP contribution in [0.1, 0.15) is 31.4 Å². The fourth-order valence-electron chi connectivity index (χ4n) is 2.36. The standard InChI is InChI=1S/C15H20ClNO/c1-15(2,11-16)14(18)17-9-5-8-12-6-3-4-7-13(12)10-17/h3-4,6-7H,5,8-11H2,1-2H3. The molecule has 0 aromatic heterocycles. The van der Waals surface area contributed by atoms with Gasteiger partial charge in [0.2, 0.25) is 5.91 Å². The Kier molecular flexibility index (Phi) is 3.96. The van der Waals surface area contributed by atoms with E-state index >= 15 is 0 Å². The molecule has 1 aromatic carbocycles. The van der Waals surface area contributed by atoms with Gasteiger partial charge in [-0.25, -0.2) is 0 Å². The van der Waals surface area contributed by atoms with Gasteiger partial charge in [-0.05, 0) is 37.8 Å². The van der Waals surface area contributed by atoms with E-state index in [1.807, 2.05) is 24.8 Å². The Hall–Kier alpha value is -1.02. The van der Waals surface area contributed by atoms with Gasteiger partial charge in [0.1, 0.15) is 0 Å². The highest BCUT2D eigenvalue weighted by atomic mass is 35.5. The molecule has 0 saturated heterocycles. The maximum Gasteiger partial charge on any atom is 0.229 e. The molecular weight excluding hydrogens is 246 g/mol. The van der Waals surface area contributed by atoms with Crippen molar-refractivity contribution in [2.75, 3.05) is 12.4 Å². The summed E-state index contributed by atoms with van der Waals surface area (Å²) < 4.78 is 0. The molecule has 0 spiro atoms. The van der Waals surface area contributed by atoms with Crippen molar-refractivity contribution in [3.8, 4) is 0 Å². The fraction of sp³-hybridized carbons (Fsp3) is 0.533. The first-order valence-electron chi connectivity index (χ1n) is 6.47. The molecule has 1 aliphatic rings. The number of benzene rings is 1. The zero-order chi connectivity index (χ0) is 13.2. The molecule has 0 aliphatic carbocycles. The summed E-state index contributed by atoms with van der Waals surface area (Å²) in [6, 6.07) is 8.39. The van der Waals surface area contributed by atoms with E-state index in [9.17, 15) is 4.79 Å². The zero-order valence-corrected chi connectivity index (χ0v) is 11.8. The third-order valence-corrected chi connectivity index (χ3v) is 4.22. The van der Waals surface area contributed by atoms with Gasteiger partial charge in [-0.1, -0.05) is 24.3 Å². The lowest BCUT2D eigenvalue weighted by molar-refractivity contribution is -0.139. The van der Waals surface area contributed by atoms with Gasteiger partial charge >= 0.3 is 0 Å². The molecule has 1 aliphatic heterocycles. The van der Waals surface area contributed by atoms with Crippen molar-refractivity contribution in [2.24, 2.45) is 5.41 Å². The Balaban J connectivity index is 2.20. The molecule has 1 heterocycles. The van der Waals surface area contributed by atoms with E-state index in [1.54, 1.807) is 0 Å². The number of carbonyl (C=O) groups is 1. The summed E-state index contributed by atoms with van der Waals surface area (Å²) in [4.78, 5) is 14.4. The molecule has 0 saturated carbocycles.